The van der Waals surface area contributed by atoms with Gasteiger partial charge in [0, 0.05) is 19.1 Å². The first-order valence-electron chi connectivity index (χ1n) is 6.32. The lowest BCUT2D eigenvalue weighted by molar-refractivity contribution is -0.136. The van der Waals surface area contributed by atoms with Crippen LogP contribution in [-0.2, 0) is 4.79 Å². The summed E-state index contributed by atoms with van der Waals surface area (Å²) >= 11 is 0. The minimum Gasteiger partial charge on any atom is -0.342 e. The molecule has 15 heavy (non-hydrogen) atoms. The first-order chi connectivity index (χ1) is 7.27. The molecule has 3 rings (SSSR count). The summed E-state index contributed by atoms with van der Waals surface area (Å²) < 4.78 is 0. The SMILES string of the molecule is NC1C2CCC(C2)C1C(=O)N1CCCC1. The topological polar surface area (TPSA) is 46.3 Å². The number of amides is 1. The maximum absolute atomic E-state index is 12.3. The van der Waals surface area contributed by atoms with Crippen LogP contribution in [0.2, 0.25) is 0 Å². The maximum Gasteiger partial charge on any atom is 0.227 e. The van der Waals surface area contributed by atoms with Crippen LogP contribution in [-0.4, -0.2) is 29.9 Å². The Labute approximate surface area is 91.0 Å². The molecule has 0 spiro atoms. The molecule has 2 bridgehead atoms. The molecular formula is C12H20N2O. The number of likely N-dealkylation sites (tertiary alicyclic amines) is 1. The highest BCUT2D eigenvalue weighted by Gasteiger charge is 2.50. The van der Waals surface area contributed by atoms with Gasteiger partial charge in [-0.3, -0.25) is 4.79 Å². The Bertz CT molecular complexity index is 271. The van der Waals surface area contributed by atoms with Crippen LogP contribution in [0, 0.1) is 17.8 Å². The van der Waals surface area contributed by atoms with Crippen molar-refractivity contribution < 1.29 is 4.79 Å². The first-order valence-corrected chi connectivity index (χ1v) is 6.32. The van der Waals surface area contributed by atoms with E-state index in [4.69, 9.17) is 5.73 Å². The molecule has 4 unspecified atom stereocenters. The summed E-state index contributed by atoms with van der Waals surface area (Å²) in [5, 5.41) is 0. The summed E-state index contributed by atoms with van der Waals surface area (Å²) in [7, 11) is 0. The molecule has 2 saturated carbocycles. The van der Waals surface area contributed by atoms with Crippen LogP contribution in [0.1, 0.15) is 32.1 Å². The van der Waals surface area contributed by atoms with E-state index in [0.717, 1.165) is 13.1 Å². The van der Waals surface area contributed by atoms with Gasteiger partial charge in [0.15, 0.2) is 0 Å². The summed E-state index contributed by atoms with van der Waals surface area (Å²) in [5.74, 6) is 1.79. The molecule has 0 radical (unpaired) electrons. The molecule has 1 saturated heterocycles. The lowest BCUT2D eigenvalue weighted by atomic mass is 9.84. The van der Waals surface area contributed by atoms with Gasteiger partial charge in [-0.2, -0.15) is 0 Å². The third-order valence-electron chi connectivity index (χ3n) is 4.68. The molecule has 1 amide bonds. The zero-order valence-corrected chi connectivity index (χ0v) is 9.19. The fourth-order valence-corrected chi connectivity index (χ4v) is 3.85. The van der Waals surface area contributed by atoms with Crippen LogP contribution in [0.4, 0.5) is 0 Å². The minimum atomic E-state index is 0.164. The molecule has 0 aromatic carbocycles. The van der Waals surface area contributed by atoms with Crippen LogP contribution in [0.25, 0.3) is 0 Å². The highest BCUT2D eigenvalue weighted by Crippen LogP contribution is 2.48. The molecule has 3 nitrogen and oxygen atoms in total. The fourth-order valence-electron chi connectivity index (χ4n) is 3.85. The van der Waals surface area contributed by atoms with Crippen molar-refractivity contribution in [2.24, 2.45) is 23.5 Å². The lowest BCUT2D eigenvalue weighted by Crippen LogP contribution is -2.46. The van der Waals surface area contributed by atoms with Crippen molar-refractivity contribution in [2.45, 2.75) is 38.1 Å². The van der Waals surface area contributed by atoms with Gasteiger partial charge < -0.3 is 10.6 Å². The number of nitrogens with zero attached hydrogens (tertiary/aromatic N) is 1. The lowest BCUT2D eigenvalue weighted by Gasteiger charge is -2.30. The van der Waals surface area contributed by atoms with Crippen LogP contribution in [0.5, 0.6) is 0 Å². The Kier molecular flexibility index (Phi) is 2.23. The zero-order chi connectivity index (χ0) is 10.4. The Morgan fingerprint density at radius 2 is 1.80 bits per heavy atom. The average Bonchev–Trinajstić information content (AvgIpc) is 2.93. The van der Waals surface area contributed by atoms with Gasteiger partial charge in [-0.1, -0.05) is 0 Å². The number of hydrogen-bond donors (Lipinski definition) is 1. The Balaban J connectivity index is 1.73. The Morgan fingerprint density at radius 1 is 1.13 bits per heavy atom. The van der Waals surface area contributed by atoms with Crippen LogP contribution in [0.3, 0.4) is 0 Å². The van der Waals surface area contributed by atoms with Gasteiger partial charge >= 0.3 is 0 Å². The number of fused-ring (bicyclic) bond motifs is 2. The molecule has 3 fully saturated rings. The molecule has 2 aliphatic carbocycles. The van der Waals surface area contributed by atoms with E-state index in [-0.39, 0.29) is 12.0 Å². The van der Waals surface area contributed by atoms with Crippen molar-refractivity contribution in [3.05, 3.63) is 0 Å². The van der Waals surface area contributed by atoms with E-state index < -0.39 is 0 Å². The van der Waals surface area contributed by atoms with E-state index in [1.54, 1.807) is 0 Å². The van der Waals surface area contributed by atoms with Gasteiger partial charge in [0.2, 0.25) is 5.91 Å². The largest absolute Gasteiger partial charge is 0.342 e. The number of rotatable bonds is 1. The number of nitrogens with two attached hydrogens (primary N) is 1. The smallest absolute Gasteiger partial charge is 0.227 e. The molecule has 3 heteroatoms. The van der Waals surface area contributed by atoms with Crippen molar-refractivity contribution in [1.29, 1.82) is 0 Å². The predicted molar refractivity (Wildman–Crippen MR) is 58.1 cm³/mol. The predicted octanol–water partition coefficient (Wildman–Crippen LogP) is 0.982. The van der Waals surface area contributed by atoms with Gasteiger partial charge in [0.25, 0.3) is 0 Å². The van der Waals surface area contributed by atoms with Crippen molar-refractivity contribution in [3.8, 4) is 0 Å². The first kappa shape index (κ1) is 9.64. The zero-order valence-electron chi connectivity index (χ0n) is 9.19. The van der Waals surface area contributed by atoms with Gasteiger partial charge in [-0.15, -0.1) is 0 Å². The summed E-state index contributed by atoms with van der Waals surface area (Å²) in [6.45, 7) is 1.94. The second-order valence-electron chi connectivity index (χ2n) is 5.47. The second-order valence-corrected chi connectivity index (χ2v) is 5.47. The maximum atomic E-state index is 12.3. The molecule has 3 aliphatic rings. The van der Waals surface area contributed by atoms with Crippen LogP contribution >= 0.6 is 0 Å². The van der Waals surface area contributed by atoms with Gasteiger partial charge in [-0.05, 0) is 43.9 Å². The van der Waals surface area contributed by atoms with Crippen molar-refractivity contribution in [1.82, 2.24) is 4.90 Å². The normalized spacial score (nSPS) is 43.9. The van der Waals surface area contributed by atoms with Crippen molar-refractivity contribution in [2.75, 3.05) is 13.1 Å². The Morgan fingerprint density at radius 3 is 2.40 bits per heavy atom. The molecule has 1 heterocycles. The minimum absolute atomic E-state index is 0.164. The van der Waals surface area contributed by atoms with E-state index in [1.165, 1.54) is 32.1 Å². The second kappa shape index (κ2) is 3.48. The highest BCUT2D eigenvalue weighted by molar-refractivity contribution is 5.80. The van der Waals surface area contributed by atoms with E-state index >= 15 is 0 Å². The van der Waals surface area contributed by atoms with Crippen LogP contribution in [0.15, 0.2) is 0 Å². The number of carbonyl (C=O) groups is 1. The monoisotopic (exact) mass is 208 g/mol. The number of hydrogen-bond acceptors (Lipinski definition) is 2. The number of carbonyl (C=O) groups excluding carboxylic acids is 1. The molecule has 2 N–H and O–H groups in total. The average molecular weight is 208 g/mol. The summed E-state index contributed by atoms with van der Waals surface area (Å²) in [5.41, 5.74) is 6.19. The van der Waals surface area contributed by atoms with Gasteiger partial charge in [-0.25, -0.2) is 0 Å². The summed E-state index contributed by atoms with van der Waals surface area (Å²) in [6, 6.07) is 0.164. The molecular weight excluding hydrogens is 188 g/mol. The summed E-state index contributed by atoms with van der Waals surface area (Å²) in [6.07, 6.45) is 6.08. The Hall–Kier alpha value is -0.570. The van der Waals surface area contributed by atoms with Crippen molar-refractivity contribution in [3.63, 3.8) is 0 Å². The third kappa shape index (κ3) is 1.40. The molecule has 0 aromatic rings. The van der Waals surface area contributed by atoms with E-state index in [0.29, 0.717) is 17.7 Å². The van der Waals surface area contributed by atoms with Crippen LogP contribution < -0.4 is 5.73 Å². The van der Waals surface area contributed by atoms with E-state index in [1.807, 2.05) is 4.90 Å². The molecule has 1 aliphatic heterocycles. The van der Waals surface area contributed by atoms with Gasteiger partial charge in [0.05, 0.1) is 5.92 Å². The highest BCUT2D eigenvalue weighted by atomic mass is 16.2. The van der Waals surface area contributed by atoms with Crippen molar-refractivity contribution >= 4 is 5.91 Å². The summed E-state index contributed by atoms with van der Waals surface area (Å²) in [4.78, 5) is 14.3. The van der Waals surface area contributed by atoms with Gasteiger partial charge in [0.1, 0.15) is 0 Å². The third-order valence-corrected chi connectivity index (χ3v) is 4.68. The fraction of sp³-hybridized carbons (Fsp3) is 0.917. The molecule has 0 aromatic heterocycles. The van der Waals surface area contributed by atoms with E-state index in [9.17, 15) is 4.79 Å². The molecule has 84 valence electrons. The molecule has 4 atom stereocenters. The standard InChI is InChI=1S/C12H20N2O/c13-11-9-4-3-8(7-9)10(11)12(15)14-5-1-2-6-14/h8-11H,1-7,13H2. The van der Waals surface area contributed by atoms with E-state index in [2.05, 4.69) is 0 Å². The quantitative estimate of drug-likeness (QED) is 0.698.